The van der Waals surface area contributed by atoms with Crippen molar-refractivity contribution in [3.63, 3.8) is 0 Å². The van der Waals surface area contributed by atoms with Crippen molar-refractivity contribution in [2.45, 2.75) is 44.6 Å². The lowest BCUT2D eigenvalue weighted by atomic mass is 9.96. The first-order chi connectivity index (χ1) is 12.3. The summed E-state index contributed by atoms with van der Waals surface area (Å²) in [4.78, 5) is 12.3. The summed E-state index contributed by atoms with van der Waals surface area (Å²) in [6, 6.07) is 8.30. The van der Waals surface area contributed by atoms with Gasteiger partial charge in [-0.2, -0.15) is 5.10 Å². The van der Waals surface area contributed by atoms with Crippen molar-refractivity contribution >= 4 is 17.8 Å². The van der Waals surface area contributed by atoms with Crippen LogP contribution in [0.5, 0.6) is 5.75 Å². The number of carbonyl (C=O) groups excluding carboxylic acids is 1. The van der Waals surface area contributed by atoms with Crippen LogP contribution >= 0.6 is 0 Å². The lowest BCUT2D eigenvalue weighted by molar-refractivity contribution is -0.111. The summed E-state index contributed by atoms with van der Waals surface area (Å²) < 4.78 is 7.48. The number of anilines is 1. The molecule has 1 saturated carbocycles. The van der Waals surface area contributed by atoms with Crippen molar-refractivity contribution in [3.05, 3.63) is 47.7 Å². The number of aromatic nitrogens is 2. The molecule has 0 atom stereocenters. The van der Waals surface area contributed by atoms with Crippen LogP contribution < -0.4 is 10.1 Å². The van der Waals surface area contributed by atoms with Crippen LogP contribution in [0.25, 0.3) is 6.08 Å². The van der Waals surface area contributed by atoms with Gasteiger partial charge in [0.25, 0.3) is 0 Å². The van der Waals surface area contributed by atoms with Crippen LogP contribution in [0.15, 0.2) is 36.5 Å². The Morgan fingerprint density at radius 2 is 2.12 bits per heavy atom. The van der Waals surface area contributed by atoms with E-state index < -0.39 is 0 Å². The third kappa shape index (κ3) is 3.60. The highest BCUT2D eigenvalue weighted by atomic mass is 16.5. The highest BCUT2D eigenvalue weighted by Crippen LogP contribution is 2.30. The third-order valence-corrected chi connectivity index (χ3v) is 4.98. The van der Waals surface area contributed by atoms with E-state index in [1.807, 2.05) is 29.0 Å². The predicted octanol–water partition coefficient (Wildman–Crippen LogP) is 3.98. The summed E-state index contributed by atoms with van der Waals surface area (Å²) >= 11 is 0. The van der Waals surface area contributed by atoms with E-state index in [4.69, 9.17) is 4.74 Å². The standard InChI is InChI=1S/C20H23N3O2/c24-20(9-7-15-6-8-18-16(14-15)11-13-25-18)22-19-10-12-21-23(19)17-4-2-1-3-5-17/h6-10,12,14,17H,1-5,11,13H2,(H,22,24)/b9-7+. The van der Waals surface area contributed by atoms with Crippen molar-refractivity contribution in [1.29, 1.82) is 0 Å². The molecule has 0 spiro atoms. The van der Waals surface area contributed by atoms with Gasteiger partial charge in [0.2, 0.25) is 5.91 Å². The Morgan fingerprint density at radius 1 is 1.24 bits per heavy atom. The summed E-state index contributed by atoms with van der Waals surface area (Å²) in [5.74, 6) is 1.61. The van der Waals surface area contributed by atoms with Crippen LogP contribution in [0.1, 0.15) is 49.3 Å². The SMILES string of the molecule is O=C(/C=C/c1ccc2c(c1)CCO2)Nc1ccnn1C1CCCCC1. The Hall–Kier alpha value is -2.56. The largest absolute Gasteiger partial charge is 0.493 e. The second-order valence-electron chi connectivity index (χ2n) is 6.74. The highest BCUT2D eigenvalue weighted by Gasteiger charge is 2.18. The molecule has 1 aliphatic heterocycles. The van der Waals surface area contributed by atoms with Gasteiger partial charge >= 0.3 is 0 Å². The van der Waals surface area contributed by atoms with Crippen molar-refractivity contribution < 1.29 is 9.53 Å². The Balaban J connectivity index is 1.41. The number of nitrogens with one attached hydrogen (secondary N) is 1. The average Bonchev–Trinajstić information content (AvgIpc) is 3.29. The molecule has 5 nitrogen and oxygen atoms in total. The third-order valence-electron chi connectivity index (χ3n) is 4.98. The highest BCUT2D eigenvalue weighted by molar-refractivity contribution is 6.01. The average molecular weight is 337 g/mol. The van der Waals surface area contributed by atoms with Crippen molar-refractivity contribution in [3.8, 4) is 5.75 Å². The van der Waals surface area contributed by atoms with Gasteiger partial charge in [0.15, 0.2) is 0 Å². The summed E-state index contributed by atoms with van der Waals surface area (Å²) in [6.45, 7) is 0.744. The molecule has 1 fully saturated rings. The quantitative estimate of drug-likeness (QED) is 0.859. The number of amides is 1. The van der Waals surface area contributed by atoms with Crippen molar-refractivity contribution in [2.75, 3.05) is 11.9 Å². The van der Waals surface area contributed by atoms with Crippen LogP contribution in [0, 0.1) is 0 Å². The molecule has 1 aromatic carbocycles. The van der Waals surface area contributed by atoms with Gasteiger partial charge < -0.3 is 10.1 Å². The van der Waals surface area contributed by atoms with Crippen LogP contribution in [0.4, 0.5) is 5.82 Å². The number of ether oxygens (including phenoxy) is 1. The maximum atomic E-state index is 12.3. The fourth-order valence-electron chi connectivity index (χ4n) is 3.68. The topological polar surface area (TPSA) is 56.1 Å². The minimum atomic E-state index is -0.130. The smallest absolute Gasteiger partial charge is 0.249 e. The zero-order valence-corrected chi connectivity index (χ0v) is 14.3. The number of nitrogens with zero attached hydrogens (tertiary/aromatic N) is 2. The van der Waals surface area contributed by atoms with E-state index in [0.29, 0.717) is 6.04 Å². The first-order valence-electron chi connectivity index (χ1n) is 9.08. The molecule has 1 aliphatic carbocycles. The molecule has 1 N–H and O–H groups in total. The number of fused-ring (bicyclic) bond motifs is 1. The Morgan fingerprint density at radius 3 is 3.00 bits per heavy atom. The first kappa shape index (κ1) is 15.9. The number of carbonyl (C=O) groups is 1. The molecule has 1 amide bonds. The molecule has 0 bridgehead atoms. The van der Waals surface area contributed by atoms with Crippen molar-refractivity contribution in [2.24, 2.45) is 0 Å². The zero-order valence-electron chi connectivity index (χ0n) is 14.3. The molecule has 1 aromatic heterocycles. The minimum absolute atomic E-state index is 0.130. The fraction of sp³-hybridized carbons (Fsp3) is 0.400. The molecule has 2 aromatic rings. The Kier molecular flexibility index (Phi) is 4.55. The summed E-state index contributed by atoms with van der Waals surface area (Å²) in [6.07, 6.45) is 12.2. The molecular weight excluding hydrogens is 314 g/mol. The lowest BCUT2D eigenvalue weighted by Gasteiger charge is -2.23. The zero-order chi connectivity index (χ0) is 17.1. The van der Waals surface area contributed by atoms with E-state index in [-0.39, 0.29) is 5.91 Å². The maximum absolute atomic E-state index is 12.3. The van der Waals surface area contributed by atoms with E-state index in [1.165, 1.54) is 24.8 Å². The fourth-order valence-corrected chi connectivity index (χ4v) is 3.68. The monoisotopic (exact) mass is 337 g/mol. The van der Waals surface area contributed by atoms with E-state index in [1.54, 1.807) is 12.3 Å². The molecular formula is C20H23N3O2. The van der Waals surface area contributed by atoms with Crippen LogP contribution in [-0.2, 0) is 11.2 Å². The number of rotatable bonds is 4. The van der Waals surface area contributed by atoms with Gasteiger partial charge in [-0.05, 0) is 42.2 Å². The molecule has 0 saturated heterocycles. The number of hydrogen-bond donors (Lipinski definition) is 1. The van der Waals surface area contributed by atoms with Gasteiger partial charge in [0.05, 0.1) is 18.8 Å². The van der Waals surface area contributed by atoms with E-state index in [9.17, 15) is 4.79 Å². The minimum Gasteiger partial charge on any atom is -0.493 e. The molecule has 2 heterocycles. The van der Waals surface area contributed by atoms with E-state index >= 15 is 0 Å². The summed E-state index contributed by atoms with van der Waals surface area (Å²) in [5.41, 5.74) is 2.22. The van der Waals surface area contributed by atoms with Crippen LogP contribution in [0.2, 0.25) is 0 Å². The van der Waals surface area contributed by atoms with Gasteiger partial charge in [-0.1, -0.05) is 25.3 Å². The summed E-state index contributed by atoms with van der Waals surface area (Å²) in [7, 11) is 0. The predicted molar refractivity (Wildman–Crippen MR) is 97.7 cm³/mol. The second kappa shape index (κ2) is 7.13. The van der Waals surface area contributed by atoms with E-state index in [2.05, 4.69) is 16.5 Å². The number of hydrogen-bond acceptors (Lipinski definition) is 3. The molecule has 130 valence electrons. The van der Waals surface area contributed by atoms with Gasteiger partial charge in [0, 0.05) is 18.6 Å². The van der Waals surface area contributed by atoms with Crippen molar-refractivity contribution in [1.82, 2.24) is 9.78 Å². The van der Waals surface area contributed by atoms with E-state index in [0.717, 1.165) is 43.0 Å². The first-order valence-corrected chi connectivity index (χ1v) is 9.08. The lowest BCUT2D eigenvalue weighted by Crippen LogP contribution is -2.19. The second-order valence-corrected chi connectivity index (χ2v) is 6.74. The molecule has 2 aliphatic rings. The van der Waals surface area contributed by atoms with Gasteiger partial charge in [0.1, 0.15) is 11.6 Å². The van der Waals surface area contributed by atoms with Gasteiger partial charge in [-0.25, -0.2) is 4.68 Å². The summed E-state index contributed by atoms with van der Waals surface area (Å²) in [5, 5.41) is 7.37. The van der Waals surface area contributed by atoms with Gasteiger partial charge in [-0.3, -0.25) is 4.79 Å². The molecule has 25 heavy (non-hydrogen) atoms. The van der Waals surface area contributed by atoms with Crippen LogP contribution in [0.3, 0.4) is 0 Å². The molecule has 0 unspecified atom stereocenters. The van der Waals surface area contributed by atoms with Gasteiger partial charge in [-0.15, -0.1) is 0 Å². The molecule has 0 radical (unpaired) electrons. The molecule has 4 rings (SSSR count). The van der Waals surface area contributed by atoms with Crippen LogP contribution in [-0.4, -0.2) is 22.3 Å². The molecule has 5 heteroatoms. The normalized spacial score (nSPS) is 17.4. The Bertz CT molecular complexity index is 788. The number of benzene rings is 1. The Labute approximate surface area is 147 Å². The maximum Gasteiger partial charge on any atom is 0.249 e.